The number of hydrogen-bond donors (Lipinski definition) is 3. The van der Waals surface area contributed by atoms with Gasteiger partial charge in [-0.1, -0.05) is 18.2 Å². The number of para-hydroxylation sites is 1. The third-order valence-electron chi connectivity index (χ3n) is 5.56. The average Bonchev–Trinajstić information content (AvgIpc) is 3.27. The molecule has 0 amide bonds. The molecule has 8 heteroatoms. The molecule has 0 spiro atoms. The van der Waals surface area contributed by atoms with Gasteiger partial charge in [0.15, 0.2) is 0 Å². The largest absolute Gasteiger partial charge is 0.507 e. The second-order valence-electron chi connectivity index (χ2n) is 7.46. The lowest BCUT2D eigenvalue weighted by Crippen LogP contribution is -2.34. The van der Waals surface area contributed by atoms with E-state index in [1.165, 1.54) is 18.2 Å². The Bertz CT molecular complexity index is 1590. The van der Waals surface area contributed by atoms with Gasteiger partial charge in [-0.25, -0.2) is 9.59 Å². The first kappa shape index (κ1) is 19.9. The second-order valence-corrected chi connectivity index (χ2v) is 7.46. The zero-order valence-corrected chi connectivity index (χ0v) is 16.7. The number of fused-ring (bicyclic) bond motifs is 2. The van der Waals surface area contributed by atoms with Crippen LogP contribution in [0.1, 0.15) is 41.4 Å². The molecule has 1 aliphatic carbocycles. The summed E-state index contributed by atoms with van der Waals surface area (Å²) in [6.07, 6.45) is 4.73. The Morgan fingerprint density at radius 2 is 1.56 bits per heavy atom. The molecule has 0 radical (unpaired) electrons. The van der Waals surface area contributed by atoms with Crippen LogP contribution in [-0.4, -0.2) is 15.3 Å². The fourth-order valence-electron chi connectivity index (χ4n) is 4.08. The summed E-state index contributed by atoms with van der Waals surface area (Å²) < 4.78 is 16.4. The molecule has 4 aromatic rings. The molecule has 1 atom stereocenters. The Morgan fingerprint density at radius 1 is 0.844 bits per heavy atom. The van der Waals surface area contributed by atoms with Gasteiger partial charge in [0.05, 0.1) is 27.6 Å². The van der Waals surface area contributed by atoms with Gasteiger partial charge < -0.3 is 28.6 Å². The number of rotatable bonds is 4. The molecule has 1 aliphatic rings. The second kappa shape index (κ2) is 7.58. The zero-order valence-electron chi connectivity index (χ0n) is 16.7. The van der Waals surface area contributed by atoms with E-state index in [1.54, 1.807) is 30.4 Å². The number of aromatic hydroxyl groups is 2. The molecule has 32 heavy (non-hydrogen) atoms. The fraction of sp³-hybridized carbons (Fsp3) is 0.167. The molecule has 8 nitrogen and oxygen atoms in total. The van der Waals surface area contributed by atoms with E-state index in [4.69, 9.17) is 13.3 Å². The molecule has 0 saturated heterocycles. The molecule has 0 fully saturated rings. The van der Waals surface area contributed by atoms with Gasteiger partial charge in [0.2, 0.25) is 0 Å². The van der Waals surface area contributed by atoms with E-state index < -0.39 is 29.5 Å². The van der Waals surface area contributed by atoms with Crippen molar-refractivity contribution in [1.29, 1.82) is 0 Å². The standard InChI is InChI=1S/C24H18O8/c25-11-12-9-10-17(30-12)18(19-21(26)13-5-1-3-7-15(13)31-23(19)28)20-22(27)14-6-2-4-8-16(14)32-24(20)29/h1,3,5-10,18,25-27H,2,4,11H2. The normalized spacial score (nSPS) is 13.9. The highest BCUT2D eigenvalue weighted by Crippen LogP contribution is 2.39. The van der Waals surface area contributed by atoms with Gasteiger partial charge in [-0.15, -0.1) is 0 Å². The van der Waals surface area contributed by atoms with E-state index >= 15 is 0 Å². The summed E-state index contributed by atoms with van der Waals surface area (Å²) in [5.74, 6) is -1.89. The average molecular weight is 434 g/mol. The van der Waals surface area contributed by atoms with Gasteiger partial charge in [-0.2, -0.15) is 0 Å². The van der Waals surface area contributed by atoms with Crippen molar-refractivity contribution in [2.45, 2.75) is 25.4 Å². The summed E-state index contributed by atoms with van der Waals surface area (Å²) >= 11 is 0. The highest BCUT2D eigenvalue weighted by molar-refractivity contribution is 5.84. The lowest BCUT2D eigenvalue weighted by Gasteiger charge is -2.17. The first-order valence-electron chi connectivity index (χ1n) is 10.00. The van der Waals surface area contributed by atoms with E-state index in [0.717, 1.165) is 0 Å². The van der Waals surface area contributed by atoms with Crippen molar-refractivity contribution >= 4 is 23.1 Å². The van der Waals surface area contributed by atoms with Crippen LogP contribution >= 0.6 is 0 Å². The van der Waals surface area contributed by atoms with Crippen LogP contribution in [0.2, 0.25) is 0 Å². The van der Waals surface area contributed by atoms with Gasteiger partial charge in [-0.3, -0.25) is 0 Å². The molecule has 0 saturated carbocycles. The lowest BCUT2D eigenvalue weighted by molar-refractivity contribution is 0.242. The van der Waals surface area contributed by atoms with E-state index in [1.807, 2.05) is 0 Å². The highest BCUT2D eigenvalue weighted by Gasteiger charge is 2.34. The minimum Gasteiger partial charge on any atom is -0.507 e. The van der Waals surface area contributed by atoms with Crippen molar-refractivity contribution in [1.82, 2.24) is 0 Å². The molecule has 0 aliphatic heterocycles. The third kappa shape index (κ3) is 3.04. The number of hydrogen-bond acceptors (Lipinski definition) is 8. The Balaban J connectivity index is 1.89. The van der Waals surface area contributed by atoms with Crippen molar-refractivity contribution in [3.63, 3.8) is 0 Å². The summed E-state index contributed by atoms with van der Waals surface area (Å²) in [5, 5.41) is 32.1. The SMILES string of the molecule is O=c1oc2c(c(O)c1C(c1ccc(CO)o1)c1c(O)c3ccccc3oc1=O)=CCCC=2. The van der Waals surface area contributed by atoms with Gasteiger partial charge in [-0.05, 0) is 43.2 Å². The monoisotopic (exact) mass is 434 g/mol. The molecule has 1 unspecified atom stereocenters. The Hall–Kier alpha value is -4.04. The van der Waals surface area contributed by atoms with Crippen LogP contribution in [0.3, 0.4) is 0 Å². The van der Waals surface area contributed by atoms with Crippen LogP contribution in [0, 0.1) is 0 Å². The molecular formula is C24H18O8. The first-order chi connectivity index (χ1) is 15.5. The van der Waals surface area contributed by atoms with E-state index in [-0.39, 0.29) is 44.8 Å². The Kier molecular flexibility index (Phi) is 4.71. The first-order valence-corrected chi connectivity index (χ1v) is 10.00. The Labute approximate surface area is 179 Å². The summed E-state index contributed by atoms with van der Waals surface area (Å²) in [6, 6.07) is 9.33. The molecule has 3 N–H and O–H groups in total. The minimum absolute atomic E-state index is 0.0503. The van der Waals surface area contributed by atoms with Gasteiger partial charge in [0.1, 0.15) is 40.6 Å². The quantitative estimate of drug-likeness (QED) is 0.414. The maximum Gasteiger partial charge on any atom is 0.344 e. The number of aliphatic hydroxyl groups is 1. The third-order valence-corrected chi connectivity index (χ3v) is 5.56. The van der Waals surface area contributed by atoms with E-state index in [9.17, 15) is 24.9 Å². The topological polar surface area (TPSA) is 134 Å². The van der Waals surface area contributed by atoms with Crippen molar-refractivity contribution in [2.75, 3.05) is 0 Å². The van der Waals surface area contributed by atoms with Gasteiger partial charge >= 0.3 is 11.3 Å². The molecule has 0 bridgehead atoms. The predicted octanol–water partition coefficient (Wildman–Crippen LogP) is 1.78. The van der Waals surface area contributed by atoms with Crippen LogP contribution in [0.5, 0.6) is 11.5 Å². The zero-order chi connectivity index (χ0) is 22.4. The predicted molar refractivity (Wildman–Crippen MR) is 114 cm³/mol. The summed E-state index contributed by atoms with van der Waals surface area (Å²) in [4.78, 5) is 26.0. The van der Waals surface area contributed by atoms with Crippen LogP contribution in [0.25, 0.3) is 23.1 Å². The summed E-state index contributed by atoms with van der Waals surface area (Å²) in [5.41, 5.74) is -1.94. The van der Waals surface area contributed by atoms with Gasteiger partial charge in [0.25, 0.3) is 0 Å². The number of aliphatic hydroxyl groups excluding tert-OH is 1. The molecular weight excluding hydrogens is 416 g/mol. The molecule has 162 valence electrons. The summed E-state index contributed by atoms with van der Waals surface area (Å²) in [6.45, 7) is -0.418. The van der Waals surface area contributed by atoms with E-state index in [2.05, 4.69) is 0 Å². The molecule has 1 aromatic carbocycles. The molecule has 3 aromatic heterocycles. The van der Waals surface area contributed by atoms with Crippen molar-refractivity contribution in [2.24, 2.45) is 0 Å². The summed E-state index contributed by atoms with van der Waals surface area (Å²) in [7, 11) is 0. The minimum atomic E-state index is -1.34. The van der Waals surface area contributed by atoms with Crippen LogP contribution in [-0.2, 0) is 6.61 Å². The molecule has 3 heterocycles. The van der Waals surface area contributed by atoms with Crippen molar-refractivity contribution in [3.05, 3.63) is 90.5 Å². The smallest absolute Gasteiger partial charge is 0.344 e. The van der Waals surface area contributed by atoms with Crippen LogP contribution in [0.4, 0.5) is 0 Å². The highest BCUT2D eigenvalue weighted by atomic mass is 16.4. The van der Waals surface area contributed by atoms with Crippen LogP contribution in [0.15, 0.2) is 59.2 Å². The number of furan rings is 1. The van der Waals surface area contributed by atoms with Crippen molar-refractivity contribution < 1.29 is 28.6 Å². The molecule has 5 rings (SSSR count). The maximum absolute atomic E-state index is 13.0. The van der Waals surface area contributed by atoms with E-state index in [0.29, 0.717) is 18.1 Å². The number of benzene rings is 1. The van der Waals surface area contributed by atoms with Crippen molar-refractivity contribution in [3.8, 4) is 11.5 Å². The van der Waals surface area contributed by atoms with Crippen LogP contribution < -0.4 is 21.9 Å². The maximum atomic E-state index is 13.0. The fourth-order valence-corrected chi connectivity index (χ4v) is 4.08. The Morgan fingerprint density at radius 3 is 2.34 bits per heavy atom. The lowest BCUT2D eigenvalue weighted by atomic mass is 9.88. The van der Waals surface area contributed by atoms with Gasteiger partial charge in [0, 0.05) is 0 Å².